The van der Waals surface area contributed by atoms with Gasteiger partial charge in [-0.1, -0.05) is 0 Å². The zero-order chi connectivity index (χ0) is 17.6. The molecular formula is C19H20N4O2. The summed E-state index contributed by atoms with van der Waals surface area (Å²) in [5.41, 5.74) is 8.14. The highest BCUT2D eigenvalue weighted by molar-refractivity contribution is 5.98. The van der Waals surface area contributed by atoms with Crippen LogP contribution >= 0.6 is 0 Å². The molecule has 1 atom stereocenters. The number of furan rings is 1. The van der Waals surface area contributed by atoms with Gasteiger partial charge in [0.25, 0.3) is 5.91 Å². The van der Waals surface area contributed by atoms with Crippen molar-refractivity contribution in [2.24, 2.45) is 0 Å². The van der Waals surface area contributed by atoms with E-state index in [2.05, 4.69) is 9.97 Å². The van der Waals surface area contributed by atoms with E-state index in [9.17, 15) is 4.79 Å². The highest BCUT2D eigenvalue weighted by atomic mass is 16.3. The molecule has 1 saturated heterocycles. The molecule has 4 rings (SSSR count). The Kier molecular flexibility index (Phi) is 3.67. The van der Waals surface area contributed by atoms with E-state index in [0.29, 0.717) is 17.2 Å². The zero-order valence-corrected chi connectivity index (χ0v) is 14.3. The second-order valence-electron chi connectivity index (χ2n) is 6.53. The molecule has 1 amide bonds. The fraction of sp³-hybridized carbons (Fsp3) is 0.316. The van der Waals surface area contributed by atoms with E-state index >= 15 is 0 Å². The number of benzene rings is 1. The highest BCUT2D eigenvalue weighted by Gasteiger charge is 2.32. The highest BCUT2D eigenvalue weighted by Crippen LogP contribution is 2.33. The van der Waals surface area contributed by atoms with Crippen molar-refractivity contribution in [2.75, 3.05) is 12.3 Å². The molecule has 25 heavy (non-hydrogen) atoms. The average molecular weight is 336 g/mol. The van der Waals surface area contributed by atoms with Crippen LogP contribution in [0.25, 0.3) is 11.0 Å². The summed E-state index contributed by atoms with van der Waals surface area (Å²) in [5, 5.41) is 0.946. The Hall–Kier alpha value is -2.89. The zero-order valence-electron chi connectivity index (χ0n) is 14.3. The average Bonchev–Trinajstić information content (AvgIpc) is 3.17. The molecule has 0 unspecified atom stereocenters. The van der Waals surface area contributed by atoms with E-state index < -0.39 is 0 Å². The first-order valence-corrected chi connectivity index (χ1v) is 8.43. The third-order valence-electron chi connectivity index (χ3n) is 4.62. The summed E-state index contributed by atoms with van der Waals surface area (Å²) in [6.45, 7) is 4.44. The third kappa shape index (κ3) is 2.84. The molecule has 3 heterocycles. The molecule has 6 nitrogen and oxygen atoms in total. The Balaban J connectivity index is 1.67. The Morgan fingerprint density at radius 1 is 1.24 bits per heavy atom. The van der Waals surface area contributed by atoms with E-state index in [1.54, 1.807) is 6.07 Å². The van der Waals surface area contributed by atoms with Gasteiger partial charge in [0.1, 0.15) is 23.0 Å². The number of nitrogens with two attached hydrogens (primary N) is 1. The molecular weight excluding hydrogens is 316 g/mol. The van der Waals surface area contributed by atoms with Gasteiger partial charge in [0.2, 0.25) is 0 Å². The molecule has 1 aliphatic heterocycles. The van der Waals surface area contributed by atoms with Crippen molar-refractivity contribution in [3.63, 3.8) is 0 Å². The van der Waals surface area contributed by atoms with E-state index in [1.807, 2.05) is 43.0 Å². The fourth-order valence-corrected chi connectivity index (χ4v) is 3.58. The molecule has 128 valence electrons. The SMILES string of the molecule is Cc1nc(N)cc([C@@H]2CCCN2C(=O)c2ccc3oc(C)cc3c2)n1. The molecule has 2 N–H and O–H groups in total. The Morgan fingerprint density at radius 3 is 2.88 bits per heavy atom. The fourth-order valence-electron chi connectivity index (χ4n) is 3.58. The molecule has 0 saturated carbocycles. The van der Waals surface area contributed by atoms with Gasteiger partial charge in [-0.3, -0.25) is 4.79 Å². The van der Waals surface area contributed by atoms with Gasteiger partial charge in [0, 0.05) is 23.6 Å². The molecule has 0 aliphatic carbocycles. The summed E-state index contributed by atoms with van der Waals surface area (Å²) in [7, 11) is 0. The van der Waals surface area contributed by atoms with E-state index in [0.717, 1.165) is 41.8 Å². The monoisotopic (exact) mass is 336 g/mol. The van der Waals surface area contributed by atoms with Gasteiger partial charge < -0.3 is 15.1 Å². The van der Waals surface area contributed by atoms with Crippen molar-refractivity contribution in [1.29, 1.82) is 0 Å². The van der Waals surface area contributed by atoms with Crippen molar-refractivity contribution in [2.45, 2.75) is 32.7 Å². The lowest BCUT2D eigenvalue weighted by Crippen LogP contribution is -2.31. The van der Waals surface area contributed by atoms with Gasteiger partial charge in [0.15, 0.2) is 0 Å². The van der Waals surface area contributed by atoms with Crippen molar-refractivity contribution in [3.8, 4) is 0 Å². The van der Waals surface area contributed by atoms with Crippen LogP contribution in [0.15, 0.2) is 34.7 Å². The quantitative estimate of drug-likeness (QED) is 0.775. The number of nitrogens with zero attached hydrogens (tertiary/aromatic N) is 3. The number of hydrogen-bond donors (Lipinski definition) is 1. The van der Waals surface area contributed by atoms with Crippen LogP contribution in [0.4, 0.5) is 5.82 Å². The molecule has 1 aliphatic rings. The predicted molar refractivity (Wildman–Crippen MR) is 95.1 cm³/mol. The van der Waals surface area contributed by atoms with Crippen molar-refractivity contribution in [3.05, 3.63) is 53.2 Å². The Morgan fingerprint density at radius 2 is 2.08 bits per heavy atom. The molecule has 2 aromatic heterocycles. The molecule has 1 fully saturated rings. The van der Waals surface area contributed by atoms with E-state index in [1.165, 1.54) is 0 Å². The van der Waals surface area contributed by atoms with Crippen LogP contribution in [-0.4, -0.2) is 27.3 Å². The van der Waals surface area contributed by atoms with Crippen LogP contribution in [0.3, 0.4) is 0 Å². The summed E-state index contributed by atoms with van der Waals surface area (Å²) in [6.07, 6.45) is 1.83. The maximum Gasteiger partial charge on any atom is 0.254 e. The normalized spacial score (nSPS) is 17.4. The summed E-state index contributed by atoms with van der Waals surface area (Å²) in [5.74, 6) is 1.92. The Labute approximate surface area is 145 Å². The van der Waals surface area contributed by atoms with Gasteiger partial charge in [-0.15, -0.1) is 0 Å². The molecule has 0 bridgehead atoms. The number of carbonyl (C=O) groups is 1. The van der Waals surface area contributed by atoms with Gasteiger partial charge in [-0.25, -0.2) is 9.97 Å². The maximum absolute atomic E-state index is 13.1. The number of hydrogen-bond acceptors (Lipinski definition) is 5. The number of carbonyl (C=O) groups excluding carboxylic acids is 1. The minimum absolute atomic E-state index is 0.0121. The van der Waals surface area contributed by atoms with E-state index in [4.69, 9.17) is 10.2 Å². The van der Waals surface area contributed by atoms with Crippen LogP contribution < -0.4 is 5.73 Å². The summed E-state index contributed by atoms with van der Waals surface area (Å²) >= 11 is 0. The van der Waals surface area contributed by atoms with Crippen LogP contribution in [-0.2, 0) is 0 Å². The third-order valence-corrected chi connectivity index (χ3v) is 4.62. The minimum atomic E-state index is -0.0571. The van der Waals surface area contributed by atoms with Crippen molar-refractivity contribution < 1.29 is 9.21 Å². The second kappa shape index (κ2) is 5.88. The number of likely N-dealkylation sites (tertiary alicyclic amines) is 1. The number of anilines is 1. The first kappa shape index (κ1) is 15.6. The predicted octanol–water partition coefficient (Wildman–Crippen LogP) is 3.40. The summed E-state index contributed by atoms with van der Waals surface area (Å²) in [6, 6.07) is 9.23. The topological polar surface area (TPSA) is 85.2 Å². The van der Waals surface area contributed by atoms with Crippen LogP contribution in [0.2, 0.25) is 0 Å². The van der Waals surface area contributed by atoms with Crippen molar-refractivity contribution >= 4 is 22.7 Å². The number of amides is 1. The minimum Gasteiger partial charge on any atom is -0.461 e. The maximum atomic E-state index is 13.1. The first-order valence-electron chi connectivity index (χ1n) is 8.43. The second-order valence-corrected chi connectivity index (χ2v) is 6.53. The van der Waals surface area contributed by atoms with Crippen molar-refractivity contribution in [1.82, 2.24) is 14.9 Å². The molecule has 6 heteroatoms. The molecule has 3 aromatic rings. The standard InChI is InChI=1S/C19H20N4O2/c1-11-8-14-9-13(5-6-17(14)25-11)19(24)23-7-3-4-16(23)15-10-18(20)22-12(2)21-15/h5-6,8-10,16H,3-4,7H2,1-2H3,(H2,20,21,22)/t16-/m0/s1. The van der Waals surface area contributed by atoms with Gasteiger partial charge in [-0.05, 0) is 51.0 Å². The first-order chi connectivity index (χ1) is 12.0. The van der Waals surface area contributed by atoms with Gasteiger partial charge >= 0.3 is 0 Å². The Bertz CT molecular complexity index is 943. The lowest BCUT2D eigenvalue weighted by atomic mass is 10.1. The van der Waals surface area contributed by atoms with Crippen LogP contribution in [0.5, 0.6) is 0 Å². The molecule has 0 spiro atoms. The number of nitrogen functional groups attached to an aromatic ring is 1. The number of aromatic nitrogens is 2. The molecule has 0 radical (unpaired) electrons. The van der Waals surface area contributed by atoms with Gasteiger partial charge in [0.05, 0.1) is 11.7 Å². The van der Waals surface area contributed by atoms with Crippen LogP contribution in [0.1, 0.15) is 46.5 Å². The number of fused-ring (bicyclic) bond motifs is 1. The number of rotatable bonds is 2. The van der Waals surface area contributed by atoms with E-state index in [-0.39, 0.29) is 11.9 Å². The lowest BCUT2D eigenvalue weighted by Gasteiger charge is -2.24. The largest absolute Gasteiger partial charge is 0.461 e. The van der Waals surface area contributed by atoms with Crippen LogP contribution in [0, 0.1) is 13.8 Å². The number of aryl methyl sites for hydroxylation is 2. The van der Waals surface area contributed by atoms with Gasteiger partial charge in [-0.2, -0.15) is 0 Å². The smallest absolute Gasteiger partial charge is 0.254 e. The molecule has 1 aromatic carbocycles. The summed E-state index contributed by atoms with van der Waals surface area (Å²) < 4.78 is 5.59. The lowest BCUT2D eigenvalue weighted by molar-refractivity contribution is 0.0733. The summed E-state index contributed by atoms with van der Waals surface area (Å²) in [4.78, 5) is 23.6.